The van der Waals surface area contributed by atoms with Crippen LogP contribution < -0.4 is 0 Å². The minimum absolute atomic E-state index is 0.180. The van der Waals surface area contributed by atoms with Gasteiger partial charge in [-0.05, 0) is 18.2 Å². The fraction of sp³-hybridized carbons (Fsp3) is 0. The molecule has 1 aromatic rings. The van der Waals surface area contributed by atoms with E-state index < -0.39 is 4.92 Å². The molecular weight excluding hydrogens is 194 g/mol. The fourth-order valence-electron chi connectivity index (χ4n) is 1.04. The van der Waals surface area contributed by atoms with E-state index in [0.29, 0.717) is 5.56 Å². The molecule has 0 fully saturated rings. The van der Waals surface area contributed by atoms with Crippen molar-refractivity contribution in [2.24, 2.45) is 0 Å². The zero-order valence-electron chi connectivity index (χ0n) is 7.54. The predicted octanol–water partition coefficient (Wildman–Crippen LogP) is 2.00. The van der Waals surface area contributed by atoms with Gasteiger partial charge in [-0.2, -0.15) is 10.5 Å². The average Bonchev–Trinajstić information content (AvgIpc) is 2.26. The van der Waals surface area contributed by atoms with Gasteiger partial charge in [0.05, 0.1) is 28.2 Å². The molecule has 0 aromatic heterocycles. The van der Waals surface area contributed by atoms with E-state index in [2.05, 4.69) is 0 Å². The van der Waals surface area contributed by atoms with Crippen LogP contribution in [0.3, 0.4) is 0 Å². The highest BCUT2D eigenvalue weighted by Gasteiger charge is 2.11. The molecule has 72 valence electrons. The van der Waals surface area contributed by atoms with E-state index in [9.17, 15) is 10.1 Å². The molecule has 0 saturated carbocycles. The first kappa shape index (κ1) is 10.4. The molecule has 1 aromatic carbocycles. The van der Waals surface area contributed by atoms with Crippen molar-refractivity contribution in [1.29, 1.82) is 10.5 Å². The summed E-state index contributed by atoms with van der Waals surface area (Å²) in [5.41, 5.74) is 0.344. The lowest BCUT2D eigenvalue weighted by atomic mass is 10.1. The quantitative estimate of drug-likeness (QED) is 0.413. The second kappa shape index (κ2) is 4.54. The Morgan fingerprint density at radius 2 is 2.13 bits per heavy atom. The van der Waals surface area contributed by atoms with Crippen molar-refractivity contribution in [1.82, 2.24) is 0 Å². The van der Waals surface area contributed by atoms with E-state index in [1.807, 2.05) is 6.07 Å². The second-order valence-electron chi connectivity index (χ2n) is 2.60. The Kier molecular flexibility index (Phi) is 3.15. The van der Waals surface area contributed by atoms with Gasteiger partial charge in [0.1, 0.15) is 0 Å². The van der Waals surface area contributed by atoms with Crippen molar-refractivity contribution in [2.45, 2.75) is 0 Å². The summed E-state index contributed by atoms with van der Waals surface area (Å²) in [7, 11) is 0. The number of nitro groups is 1. The van der Waals surface area contributed by atoms with Crippen molar-refractivity contribution < 1.29 is 4.92 Å². The summed E-state index contributed by atoms with van der Waals surface area (Å²) < 4.78 is 0. The predicted molar refractivity (Wildman–Crippen MR) is 52.5 cm³/mol. The van der Waals surface area contributed by atoms with Crippen LogP contribution in [0.5, 0.6) is 0 Å². The maximum atomic E-state index is 10.6. The van der Waals surface area contributed by atoms with E-state index in [1.165, 1.54) is 24.3 Å². The van der Waals surface area contributed by atoms with Crippen LogP contribution in [-0.4, -0.2) is 4.92 Å². The van der Waals surface area contributed by atoms with Crippen molar-refractivity contribution in [2.75, 3.05) is 0 Å². The highest BCUT2D eigenvalue weighted by molar-refractivity contribution is 5.64. The van der Waals surface area contributed by atoms with Gasteiger partial charge in [0.15, 0.2) is 0 Å². The van der Waals surface area contributed by atoms with Gasteiger partial charge in [-0.15, -0.1) is 0 Å². The summed E-state index contributed by atoms with van der Waals surface area (Å²) >= 11 is 0. The molecule has 15 heavy (non-hydrogen) atoms. The molecule has 0 radical (unpaired) electrons. The second-order valence-corrected chi connectivity index (χ2v) is 2.60. The molecule has 0 aliphatic carbocycles. The van der Waals surface area contributed by atoms with Crippen molar-refractivity contribution in [3.8, 4) is 12.1 Å². The number of benzene rings is 1. The van der Waals surface area contributed by atoms with Gasteiger partial charge in [-0.25, -0.2) is 0 Å². The number of rotatable bonds is 2. The number of hydrogen-bond donors (Lipinski definition) is 0. The highest BCUT2D eigenvalue weighted by atomic mass is 16.6. The van der Waals surface area contributed by atoms with Crippen LogP contribution in [0, 0.1) is 32.8 Å². The summed E-state index contributed by atoms with van der Waals surface area (Å²) in [6.07, 6.45) is 2.48. The Balaban J connectivity index is 3.30. The molecule has 0 atom stereocenters. The molecule has 5 nitrogen and oxygen atoms in total. The zero-order valence-corrected chi connectivity index (χ0v) is 7.54. The molecule has 0 aliphatic rings. The molecular formula is C10H5N3O2. The Bertz CT molecular complexity index is 506. The van der Waals surface area contributed by atoms with Crippen LogP contribution in [0.15, 0.2) is 24.3 Å². The van der Waals surface area contributed by atoms with Gasteiger partial charge >= 0.3 is 0 Å². The third-order valence-electron chi connectivity index (χ3n) is 1.69. The third kappa shape index (κ3) is 2.39. The largest absolute Gasteiger partial charge is 0.277 e. The molecule has 0 aliphatic heterocycles. The summed E-state index contributed by atoms with van der Waals surface area (Å²) in [6, 6.07) is 7.63. The SMILES string of the molecule is N#CC=Cc1ccc(C#N)cc1[N+](=O)[O-]. The zero-order chi connectivity index (χ0) is 11.3. The van der Waals surface area contributed by atoms with Crippen LogP contribution in [0.25, 0.3) is 6.08 Å². The number of allylic oxidation sites excluding steroid dienone is 1. The first-order valence-electron chi connectivity index (χ1n) is 3.93. The van der Waals surface area contributed by atoms with E-state index >= 15 is 0 Å². The summed E-state index contributed by atoms with van der Waals surface area (Å²) in [6.45, 7) is 0. The van der Waals surface area contributed by atoms with Crippen LogP contribution >= 0.6 is 0 Å². The fourth-order valence-corrected chi connectivity index (χ4v) is 1.04. The van der Waals surface area contributed by atoms with Gasteiger partial charge in [0.25, 0.3) is 5.69 Å². The standard InChI is InChI=1S/C10H5N3O2/c11-5-1-2-9-4-3-8(7-12)6-10(9)13(14)15/h1-4,6H. The van der Waals surface area contributed by atoms with E-state index in [0.717, 1.165) is 6.08 Å². The Morgan fingerprint density at radius 1 is 1.40 bits per heavy atom. The van der Waals surface area contributed by atoms with Gasteiger partial charge in [-0.3, -0.25) is 10.1 Å². The van der Waals surface area contributed by atoms with E-state index in [1.54, 1.807) is 6.07 Å². The maximum absolute atomic E-state index is 10.6. The summed E-state index contributed by atoms with van der Waals surface area (Å²) in [5.74, 6) is 0. The van der Waals surface area contributed by atoms with Crippen molar-refractivity contribution in [3.05, 3.63) is 45.5 Å². The number of nitrogens with zero attached hydrogens (tertiary/aromatic N) is 3. The average molecular weight is 199 g/mol. The highest BCUT2D eigenvalue weighted by Crippen LogP contribution is 2.21. The molecule has 0 heterocycles. The number of nitriles is 2. The molecule has 5 heteroatoms. The number of nitro benzene ring substituents is 1. The first-order valence-corrected chi connectivity index (χ1v) is 3.93. The molecule has 0 amide bonds. The van der Waals surface area contributed by atoms with Gasteiger partial charge in [-0.1, -0.05) is 0 Å². The minimum atomic E-state index is -0.585. The molecule has 0 saturated heterocycles. The van der Waals surface area contributed by atoms with Crippen molar-refractivity contribution >= 4 is 11.8 Å². The molecule has 0 unspecified atom stereocenters. The normalized spacial score (nSPS) is 9.47. The maximum Gasteiger partial charge on any atom is 0.277 e. The molecule has 0 bridgehead atoms. The smallest absolute Gasteiger partial charge is 0.258 e. The lowest BCUT2D eigenvalue weighted by molar-refractivity contribution is -0.385. The van der Waals surface area contributed by atoms with Crippen LogP contribution in [0.1, 0.15) is 11.1 Å². The van der Waals surface area contributed by atoms with Crippen molar-refractivity contribution in [3.63, 3.8) is 0 Å². The molecule has 0 N–H and O–H groups in total. The minimum Gasteiger partial charge on any atom is -0.258 e. The van der Waals surface area contributed by atoms with E-state index in [4.69, 9.17) is 10.5 Å². The van der Waals surface area contributed by atoms with Crippen LogP contribution in [0.2, 0.25) is 0 Å². The van der Waals surface area contributed by atoms with E-state index in [-0.39, 0.29) is 11.3 Å². The van der Waals surface area contributed by atoms with Crippen LogP contribution in [0.4, 0.5) is 5.69 Å². The Morgan fingerprint density at radius 3 is 2.67 bits per heavy atom. The third-order valence-corrected chi connectivity index (χ3v) is 1.69. The lowest BCUT2D eigenvalue weighted by Gasteiger charge is -1.96. The topological polar surface area (TPSA) is 90.7 Å². The molecule has 0 spiro atoms. The Labute approximate surface area is 85.6 Å². The molecule has 1 rings (SSSR count). The first-order chi connectivity index (χ1) is 7.19. The number of hydrogen-bond acceptors (Lipinski definition) is 4. The Hall–Kier alpha value is -2.66. The summed E-state index contributed by atoms with van der Waals surface area (Å²) in [5, 5.41) is 27.5. The van der Waals surface area contributed by atoms with Gasteiger partial charge in [0.2, 0.25) is 0 Å². The summed E-state index contributed by atoms with van der Waals surface area (Å²) in [4.78, 5) is 10.0. The monoisotopic (exact) mass is 199 g/mol. The lowest BCUT2D eigenvalue weighted by Crippen LogP contribution is -1.92. The van der Waals surface area contributed by atoms with Gasteiger partial charge in [0, 0.05) is 12.1 Å². The van der Waals surface area contributed by atoms with Gasteiger partial charge < -0.3 is 0 Å². The van der Waals surface area contributed by atoms with Crippen LogP contribution in [-0.2, 0) is 0 Å².